The van der Waals surface area contributed by atoms with Crippen LogP contribution < -0.4 is 15.1 Å². The van der Waals surface area contributed by atoms with Gasteiger partial charge in [-0.05, 0) is 6.42 Å². The van der Waals surface area contributed by atoms with Crippen molar-refractivity contribution in [2.45, 2.75) is 6.42 Å². The first kappa shape index (κ1) is 12.6. The van der Waals surface area contributed by atoms with Gasteiger partial charge in [-0.3, -0.25) is 4.79 Å². The minimum absolute atomic E-state index is 0.0482. The van der Waals surface area contributed by atoms with Crippen molar-refractivity contribution in [3.63, 3.8) is 0 Å². The maximum atomic E-state index is 11.6. The summed E-state index contributed by atoms with van der Waals surface area (Å²) < 4.78 is 0. The maximum Gasteiger partial charge on any atom is 0.224 e. The molecule has 1 unspecified atom stereocenters. The zero-order valence-corrected chi connectivity index (χ0v) is 11.1. The summed E-state index contributed by atoms with van der Waals surface area (Å²) in [6.07, 6.45) is 4.24. The van der Waals surface area contributed by atoms with Crippen LogP contribution in [0.5, 0.6) is 0 Å². The second-order valence-corrected chi connectivity index (χ2v) is 4.64. The summed E-state index contributed by atoms with van der Waals surface area (Å²) in [4.78, 5) is 24.4. The molecule has 1 amide bonds. The molecule has 2 heterocycles. The van der Waals surface area contributed by atoms with Gasteiger partial charge in [-0.15, -0.1) is 0 Å². The Kier molecular flexibility index (Phi) is 3.64. The first-order valence-corrected chi connectivity index (χ1v) is 6.08. The predicted molar refractivity (Wildman–Crippen MR) is 70.7 cm³/mol. The molecule has 0 aliphatic carbocycles. The van der Waals surface area contributed by atoms with Gasteiger partial charge in [-0.2, -0.15) is 0 Å². The van der Waals surface area contributed by atoms with Crippen LogP contribution in [0.25, 0.3) is 0 Å². The molecule has 6 nitrogen and oxygen atoms in total. The second kappa shape index (κ2) is 5.20. The van der Waals surface area contributed by atoms with Crippen molar-refractivity contribution in [3.05, 3.63) is 12.4 Å². The average molecular weight is 249 g/mol. The van der Waals surface area contributed by atoms with Gasteiger partial charge in [0, 0.05) is 46.6 Å². The molecule has 6 heteroatoms. The number of amides is 1. The zero-order chi connectivity index (χ0) is 13.1. The van der Waals surface area contributed by atoms with Crippen LogP contribution in [-0.2, 0) is 4.79 Å². The van der Waals surface area contributed by atoms with Crippen LogP contribution in [-0.4, -0.2) is 50.1 Å². The Bertz CT molecular complexity index is 434. The fraction of sp³-hybridized carbons (Fsp3) is 0.583. The molecule has 1 saturated heterocycles. The molecule has 0 bridgehead atoms. The summed E-state index contributed by atoms with van der Waals surface area (Å²) in [6, 6.07) is 0. The van der Waals surface area contributed by atoms with E-state index in [1.54, 1.807) is 19.4 Å². The third-order valence-corrected chi connectivity index (χ3v) is 3.19. The van der Waals surface area contributed by atoms with Crippen molar-refractivity contribution < 1.29 is 4.79 Å². The lowest BCUT2D eigenvalue weighted by Crippen LogP contribution is -2.31. The number of aromatic nitrogens is 2. The van der Waals surface area contributed by atoms with Gasteiger partial charge in [0.1, 0.15) is 0 Å². The second-order valence-electron chi connectivity index (χ2n) is 4.64. The topological polar surface area (TPSA) is 61.4 Å². The SMILES string of the molecule is CNC(=O)C1CCN(c2nccnc2N(C)C)C1. The molecular formula is C12H19N5O. The third-order valence-electron chi connectivity index (χ3n) is 3.19. The van der Waals surface area contributed by atoms with E-state index in [9.17, 15) is 4.79 Å². The number of carbonyl (C=O) groups is 1. The first-order valence-electron chi connectivity index (χ1n) is 6.08. The number of carbonyl (C=O) groups excluding carboxylic acids is 1. The Morgan fingerprint density at radius 2 is 2.17 bits per heavy atom. The van der Waals surface area contributed by atoms with Crippen molar-refractivity contribution in [2.24, 2.45) is 5.92 Å². The summed E-state index contributed by atoms with van der Waals surface area (Å²) in [5.74, 6) is 1.85. The van der Waals surface area contributed by atoms with E-state index in [-0.39, 0.29) is 11.8 Å². The highest BCUT2D eigenvalue weighted by Crippen LogP contribution is 2.28. The van der Waals surface area contributed by atoms with Crippen LogP contribution in [0.3, 0.4) is 0 Å². The minimum atomic E-state index is 0.0482. The molecule has 1 N–H and O–H groups in total. The van der Waals surface area contributed by atoms with Crippen molar-refractivity contribution in [2.75, 3.05) is 44.0 Å². The molecule has 0 saturated carbocycles. The van der Waals surface area contributed by atoms with E-state index in [0.29, 0.717) is 6.54 Å². The molecular weight excluding hydrogens is 230 g/mol. The molecule has 1 aromatic rings. The lowest BCUT2D eigenvalue weighted by atomic mass is 10.1. The first-order chi connectivity index (χ1) is 8.63. The van der Waals surface area contributed by atoms with Crippen LogP contribution in [0.4, 0.5) is 11.6 Å². The van der Waals surface area contributed by atoms with Gasteiger partial charge >= 0.3 is 0 Å². The largest absolute Gasteiger partial charge is 0.360 e. The Hall–Kier alpha value is -1.85. The van der Waals surface area contributed by atoms with Gasteiger partial charge < -0.3 is 15.1 Å². The van der Waals surface area contributed by atoms with E-state index >= 15 is 0 Å². The van der Waals surface area contributed by atoms with Crippen LogP contribution in [0.2, 0.25) is 0 Å². The summed E-state index contributed by atoms with van der Waals surface area (Å²) >= 11 is 0. The highest BCUT2D eigenvalue weighted by molar-refractivity contribution is 5.80. The fourth-order valence-corrected chi connectivity index (χ4v) is 2.23. The van der Waals surface area contributed by atoms with Gasteiger partial charge in [0.15, 0.2) is 11.6 Å². The maximum absolute atomic E-state index is 11.6. The van der Waals surface area contributed by atoms with Crippen LogP contribution in [0.15, 0.2) is 12.4 Å². The number of nitrogens with zero attached hydrogens (tertiary/aromatic N) is 4. The molecule has 0 radical (unpaired) electrons. The molecule has 0 aromatic carbocycles. The van der Waals surface area contributed by atoms with Gasteiger partial charge in [0.25, 0.3) is 0 Å². The van der Waals surface area contributed by atoms with Gasteiger partial charge in [-0.1, -0.05) is 0 Å². The third kappa shape index (κ3) is 2.37. The van der Waals surface area contributed by atoms with Crippen molar-refractivity contribution in [3.8, 4) is 0 Å². The highest BCUT2D eigenvalue weighted by atomic mass is 16.1. The molecule has 1 aromatic heterocycles. The number of anilines is 2. The van der Waals surface area contributed by atoms with E-state index in [2.05, 4.69) is 20.2 Å². The molecule has 1 atom stereocenters. The highest BCUT2D eigenvalue weighted by Gasteiger charge is 2.30. The lowest BCUT2D eigenvalue weighted by Gasteiger charge is -2.22. The average Bonchev–Trinajstić information content (AvgIpc) is 2.87. The molecule has 18 heavy (non-hydrogen) atoms. The monoisotopic (exact) mass is 249 g/mol. The van der Waals surface area contributed by atoms with Crippen molar-refractivity contribution >= 4 is 17.5 Å². The number of hydrogen-bond acceptors (Lipinski definition) is 5. The number of hydrogen-bond donors (Lipinski definition) is 1. The molecule has 1 aliphatic heterocycles. The zero-order valence-electron chi connectivity index (χ0n) is 11.1. The summed E-state index contributed by atoms with van der Waals surface area (Å²) in [7, 11) is 5.57. The standard InChI is InChI=1S/C12H19N5O/c1-13-12(18)9-4-7-17(8-9)11-10(16(2)3)14-5-6-15-11/h5-6,9H,4,7-8H2,1-3H3,(H,13,18). The van der Waals surface area contributed by atoms with Crippen LogP contribution in [0.1, 0.15) is 6.42 Å². The smallest absolute Gasteiger partial charge is 0.224 e. The number of nitrogens with one attached hydrogen (secondary N) is 1. The molecule has 2 rings (SSSR count). The Morgan fingerprint density at radius 1 is 1.44 bits per heavy atom. The minimum Gasteiger partial charge on any atom is -0.360 e. The van der Waals surface area contributed by atoms with E-state index in [1.807, 2.05) is 19.0 Å². The van der Waals surface area contributed by atoms with Crippen molar-refractivity contribution in [1.82, 2.24) is 15.3 Å². The Labute approximate surface area is 107 Å². The Balaban J connectivity index is 2.17. The molecule has 98 valence electrons. The van der Waals surface area contributed by atoms with Gasteiger partial charge in [0.2, 0.25) is 5.91 Å². The molecule has 0 spiro atoms. The summed E-state index contributed by atoms with van der Waals surface area (Å²) in [5.41, 5.74) is 0. The predicted octanol–water partition coefficient (Wildman–Crippen LogP) is 0.115. The van der Waals surface area contributed by atoms with Crippen LogP contribution in [0, 0.1) is 5.92 Å². The van der Waals surface area contributed by atoms with Crippen molar-refractivity contribution in [1.29, 1.82) is 0 Å². The molecule has 1 fully saturated rings. The normalized spacial score (nSPS) is 18.8. The summed E-state index contributed by atoms with van der Waals surface area (Å²) in [5, 5.41) is 2.70. The van der Waals surface area contributed by atoms with Crippen LogP contribution >= 0.6 is 0 Å². The summed E-state index contributed by atoms with van der Waals surface area (Å²) in [6.45, 7) is 1.55. The fourth-order valence-electron chi connectivity index (χ4n) is 2.23. The van der Waals surface area contributed by atoms with E-state index in [4.69, 9.17) is 0 Å². The molecule has 1 aliphatic rings. The van der Waals surface area contributed by atoms with E-state index in [0.717, 1.165) is 24.6 Å². The quantitative estimate of drug-likeness (QED) is 0.824. The van der Waals surface area contributed by atoms with Gasteiger partial charge in [0.05, 0.1) is 5.92 Å². The Morgan fingerprint density at radius 3 is 2.83 bits per heavy atom. The van der Waals surface area contributed by atoms with E-state index in [1.165, 1.54) is 0 Å². The van der Waals surface area contributed by atoms with Gasteiger partial charge in [-0.25, -0.2) is 9.97 Å². The number of rotatable bonds is 3. The lowest BCUT2D eigenvalue weighted by molar-refractivity contribution is -0.123. The van der Waals surface area contributed by atoms with E-state index < -0.39 is 0 Å².